The van der Waals surface area contributed by atoms with E-state index in [9.17, 15) is 14.4 Å². The van der Waals surface area contributed by atoms with Crippen molar-refractivity contribution in [2.24, 2.45) is 0 Å². The van der Waals surface area contributed by atoms with Crippen molar-refractivity contribution in [2.45, 2.75) is 27.3 Å². The van der Waals surface area contributed by atoms with Crippen LogP contribution in [0.25, 0.3) is 17.0 Å². The molecule has 1 N–H and O–H groups in total. The second-order valence-electron chi connectivity index (χ2n) is 7.84. The molecule has 1 aliphatic heterocycles. The predicted octanol–water partition coefficient (Wildman–Crippen LogP) is 3.65. The Morgan fingerprint density at radius 2 is 1.82 bits per heavy atom. The first-order chi connectivity index (χ1) is 15.8. The third-order valence-electron chi connectivity index (χ3n) is 5.29. The fourth-order valence-corrected chi connectivity index (χ4v) is 4.27. The van der Waals surface area contributed by atoms with E-state index in [0.717, 1.165) is 22.0 Å². The van der Waals surface area contributed by atoms with Crippen LogP contribution in [0.5, 0.6) is 0 Å². The number of carbonyl (C=O) groups is 3. The minimum absolute atomic E-state index is 0.0243. The van der Waals surface area contributed by atoms with E-state index in [4.69, 9.17) is 17.0 Å². The second-order valence-corrected chi connectivity index (χ2v) is 8.22. The first-order valence-electron chi connectivity index (χ1n) is 10.5. The Morgan fingerprint density at radius 3 is 2.52 bits per heavy atom. The number of aryl methyl sites for hydroxylation is 2. The van der Waals surface area contributed by atoms with Crippen molar-refractivity contribution >= 4 is 57.8 Å². The largest absolute Gasteiger partial charge is 0.465 e. The second kappa shape index (κ2) is 8.99. The van der Waals surface area contributed by atoms with E-state index in [0.29, 0.717) is 11.3 Å². The lowest BCUT2D eigenvalue weighted by atomic mass is 10.1. The molecule has 0 atom stereocenters. The summed E-state index contributed by atoms with van der Waals surface area (Å²) < 4.78 is 6.82. The zero-order chi connectivity index (χ0) is 23.7. The molecular weight excluding hydrogens is 438 g/mol. The normalized spacial score (nSPS) is 15.3. The molecule has 0 aliphatic carbocycles. The van der Waals surface area contributed by atoms with Crippen molar-refractivity contribution in [3.63, 3.8) is 0 Å². The summed E-state index contributed by atoms with van der Waals surface area (Å²) in [6.07, 6.45) is 3.28. The summed E-state index contributed by atoms with van der Waals surface area (Å²) in [4.78, 5) is 39.5. The molecule has 4 rings (SSSR count). The van der Waals surface area contributed by atoms with E-state index >= 15 is 0 Å². The van der Waals surface area contributed by atoms with Gasteiger partial charge in [-0.2, -0.15) is 0 Å². The van der Waals surface area contributed by atoms with Crippen LogP contribution in [-0.2, 0) is 25.7 Å². The number of benzene rings is 2. The molecule has 1 fully saturated rings. The summed E-state index contributed by atoms with van der Waals surface area (Å²) in [5.41, 5.74) is 3.94. The number of nitrogens with one attached hydrogen (secondary N) is 1. The standard InChI is InChI=1S/C25H23N3O4S/c1-4-32-22(29)14-27-13-17(19-7-5-6-8-21(19)27)12-20-23(30)26-25(33)28(24(20)31)18-10-15(2)9-16(3)11-18/h5-13H,4,14H2,1-3H3,(H,26,30,33)/b20-12+. The smallest absolute Gasteiger partial charge is 0.325 e. The maximum Gasteiger partial charge on any atom is 0.325 e. The van der Waals surface area contributed by atoms with E-state index in [2.05, 4.69) is 5.32 Å². The molecule has 0 radical (unpaired) electrons. The van der Waals surface area contributed by atoms with Gasteiger partial charge in [-0.3, -0.25) is 24.6 Å². The van der Waals surface area contributed by atoms with Crippen molar-refractivity contribution in [3.05, 3.63) is 70.9 Å². The third-order valence-corrected chi connectivity index (χ3v) is 5.57. The first-order valence-corrected chi connectivity index (χ1v) is 10.9. The number of amides is 2. The molecule has 33 heavy (non-hydrogen) atoms. The van der Waals surface area contributed by atoms with Crippen molar-refractivity contribution in [2.75, 3.05) is 11.5 Å². The van der Waals surface area contributed by atoms with Crippen molar-refractivity contribution in [1.29, 1.82) is 0 Å². The lowest BCUT2D eigenvalue weighted by Gasteiger charge is -2.29. The highest BCUT2D eigenvalue weighted by molar-refractivity contribution is 7.80. The van der Waals surface area contributed by atoms with Crippen LogP contribution in [0, 0.1) is 13.8 Å². The van der Waals surface area contributed by atoms with Gasteiger partial charge >= 0.3 is 5.97 Å². The molecule has 3 aromatic rings. The molecule has 1 saturated heterocycles. The van der Waals surface area contributed by atoms with Gasteiger partial charge in [0, 0.05) is 22.7 Å². The number of nitrogens with zero attached hydrogens (tertiary/aromatic N) is 2. The van der Waals surface area contributed by atoms with Crippen LogP contribution in [-0.4, -0.2) is 34.1 Å². The summed E-state index contributed by atoms with van der Waals surface area (Å²) in [7, 11) is 0. The van der Waals surface area contributed by atoms with E-state index in [1.165, 1.54) is 4.90 Å². The van der Waals surface area contributed by atoms with Crippen LogP contribution < -0.4 is 10.2 Å². The summed E-state index contributed by atoms with van der Waals surface area (Å²) in [6.45, 7) is 5.93. The zero-order valence-electron chi connectivity index (χ0n) is 18.5. The van der Waals surface area contributed by atoms with Gasteiger partial charge in [-0.15, -0.1) is 0 Å². The van der Waals surface area contributed by atoms with Gasteiger partial charge in [0.2, 0.25) is 0 Å². The number of thiocarbonyl (C=S) groups is 1. The maximum absolute atomic E-state index is 13.4. The van der Waals surface area contributed by atoms with E-state index < -0.39 is 11.8 Å². The summed E-state index contributed by atoms with van der Waals surface area (Å²) in [6, 6.07) is 13.2. The van der Waals surface area contributed by atoms with Gasteiger partial charge < -0.3 is 9.30 Å². The minimum atomic E-state index is -0.562. The third kappa shape index (κ3) is 4.42. The van der Waals surface area contributed by atoms with Crippen LogP contribution in [0.2, 0.25) is 0 Å². The summed E-state index contributed by atoms with van der Waals surface area (Å²) in [5, 5.41) is 3.47. The summed E-state index contributed by atoms with van der Waals surface area (Å²) >= 11 is 5.31. The highest BCUT2D eigenvalue weighted by Gasteiger charge is 2.35. The van der Waals surface area contributed by atoms with Gasteiger partial charge in [-0.1, -0.05) is 24.3 Å². The molecule has 1 aliphatic rings. The molecule has 1 aromatic heterocycles. The number of carbonyl (C=O) groups excluding carboxylic acids is 3. The predicted molar refractivity (Wildman–Crippen MR) is 131 cm³/mol. The monoisotopic (exact) mass is 461 g/mol. The first kappa shape index (κ1) is 22.4. The molecule has 7 nitrogen and oxygen atoms in total. The molecule has 0 unspecified atom stereocenters. The molecule has 2 heterocycles. The number of fused-ring (bicyclic) bond motifs is 1. The average Bonchev–Trinajstić information content (AvgIpc) is 3.08. The topological polar surface area (TPSA) is 80.6 Å². The van der Waals surface area contributed by atoms with Crippen LogP contribution in [0.4, 0.5) is 5.69 Å². The quantitative estimate of drug-likeness (QED) is 0.272. The zero-order valence-corrected chi connectivity index (χ0v) is 19.4. The molecule has 168 valence electrons. The number of esters is 1. The Hall–Kier alpha value is -3.78. The highest BCUT2D eigenvalue weighted by Crippen LogP contribution is 2.27. The van der Waals surface area contributed by atoms with Gasteiger partial charge in [0.25, 0.3) is 11.8 Å². The highest BCUT2D eigenvalue weighted by atomic mass is 32.1. The van der Waals surface area contributed by atoms with Crippen LogP contribution >= 0.6 is 12.2 Å². The van der Waals surface area contributed by atoms with Gasteiger partial charge in [0.15, 0.2) is 5.11 Å². The lowest BCUT2D eigenvalue weighted by Crippen LogP contribution is -2.54. The van der Waals surface area contributed by atoms with E-state index in [1.54, 1.807) is 23.8 Å². The number of rotatable bonds is 5. The maximum atomic E-state index is 13.4. The van der Waals surface area contributed by atoms with Crippen LogP contribution in [0.3, 0.4) is 0 Å². The Kier molecular flexibility index (Phi) is 6.11. The number of anilines is 1. The Balaban J connectivity index is 1.78. The average molecular weight is 462 g/mol. The molecule has 2 amide bonds. The van der Waals surface area contributed by atoms with Gasteiger partial charge in [-0.05, 0) is 68.4 Å². The van der Waals surface area contributed by atoms with E-state index in [1.807, 2.05) is 56.3 Å². The number of aromatic nitrogens is 1. The number of ether oxygens (including phenoxy) is 1. The van der Waals surface area contributed by atoms with Crippen LogP contribution in [0.15, 0.2) is 54.2 Å². The Bertz CT molecular complexity index is 1320. The fourth-order valence-electron chi connectivity index (χ4n) is 3.99. The number of hydrogen-bond donors (Lipinski definition) is 1. The molecule has 2 aromatic carbocycles. The molecule has 0 bridgehead atoms. The summed E-state index contributed by atoms with van der Waals surface area (Å²) in [5.74, 6) is -1.43. The molecular formula is C25H23N3O4S. The lowest BCUT2D eigenvalue weighted by molar-refractivity contribution is -0.143. The Morgan fingerprint density at radius 1 is 1.12 bits per heavy atom. The van der Waals surface area contributed by atoms with Crippen molar-refractivity contribution in [3.8, 4) is 0 Å². The van der Waals surface area contributed by atoms with Gasteiger partial charge in [0.1, 0.15) is 12.1 Å². The number of hydrogen-bond acceptors (Lipinski definition) is 5. The molecule has 0 saturated carbocycles. The van der Waals surface area contributed by atoms with Gasteiger partial charge in [0.05, 0.1) is 12.3 Å². The number of para-hydroxylation sites is 1. The van der Waals surface area contributed by atoms with Crippen molar-refractivity contribution in [1.82, 2.24) is 9.88 Å². The minimum Gasteiger partial charge on any atom is -0.465 e. The fraction of sp³-hybridized carbons (Fsp3) is 0.200. The molecule has 8 heteroatoms. The SMILES string of the molecule is CCOC(=O)Cn1cc(/C=C2\C(=O)NC(=S)N(c3cc(C)cc(C)c3)C2=O)c2ccccc21. The molecule has 0 spiro atoms. The Labute approximate surface area is 196 Å². The van der Waals surface area contributed by atoms with Crippen LogP contribution in [0.1, 0.15) is 23.6 Å². The van der Waals surface area contributed by atoms with E-state index in [-0.39, 0.29) is 29.8 Å². The van der Waals surface area contributed by atoms with Gasteiger partial charge in [-0.25, -0.2) is 0 Å². The van der Waals surface area contributed by atoms with Crippen molar-refractivity contribution < 1.29 is 19.1 Å².